The molecule has 0 bridgehead atoms. The van der Waals surface area contributed by atoms with Crippen LogP contribution in [0.25, 0.3) is 0 Å². The van der Waals surface area contributed by atoms with Crippen molar-refractivity contribution in [3.05, 3.63) is 59.4 Å². The van der Waals surface area contributed by atoms with Gasteiger partial charge in [-0.1, -0.05) is 66.5 Å². The molecular weight excluding hydrogens is 468 g/mol. The molecule has 1 aromatic heterocycles. The van der Waals surface area contributed by atoms with Crippen molar-refractivity contribution in [2.24, 2.45) is 0 Å². The Kier molecular flexibility index (Phi) is 9.79. The molecule has 5 heteroatoms. The third-order valence-electron chi connectivity index (χ3n) is 6.84. The predicted octanol–water partition coefficient (Wildman–Crippen LogP) is 7.51. The first-order valence-corrected chi connectivity index (χ1v) is 14.9. The summed E-state index contributed by atoms with van der Waals surface area (Å²) >= 11 is 3.92. The molecule has 0 unspecified atom stereocenters. The monoisotopic (exact) mass is 512 g/mol. The molecule has 1 fully saturated rings. The van der Waals surface area contributed by atoms with Crippen molar-refractivity contribution in [2.45, 2.75) is 99.9 Å². The van der Waals surface area contributed by atoms with E-state index in [1.807, 2.05) is 59.9 Å². The summed E-state index contributed by atoms with van der Waals surface area (Å²) in [7, 11) is 1.92. The molecule has 1 amide bonds. The second-order valence-corrected chi connectivity index (χ2v) is 14.5. The van der Waals surface area contributed by atoms with Crippen molar-refractivity contribution in [1.82, 2.24) is 9.88 Å². The molecule has 2 aromatic rings. The van der Waals surface area contributed by atoms with Crippen LogP contribution in [0.5, 0.6) is 0 Å². The summed E-state index contributed by atoms with van der Waals surface area (Å²) in [5.74, 6) is 0.792. The number of carbonyl (C=O) groups is 1. The van der Waals surface area contributed by atoms with Crippen molar-refractivity contribution < 1.29 is 4.79 Å². The minimum absolute atomic E-state index is 0.129. The SMILES string of the molecule is CN(CCc1ccccn1)C(=O)CS[C@@H]1CCCC[C@H]1Sc1cc(C(C)(C)C)cc(C(C)(C)C)c1. The third kappa shape index (κ3) is 8.56. The Balaban J connectivity index is 1.63. The number of pyridine rings is 1. The van der Waals surface area contributed by atoms with E-state index in [9.17, 15) is 4.79 Å². The summed E-state index contributed by atoms with van der Waals surface area (Å²) < 4.78 is 0. The molecular formula is C30H44N2OS2. The van der Waals surface area contributed by atoms with Crippen LogP contribution in [0, 0.1) is 0 Å². The minimum Gasteiger partial charge on any atom is -0.345 e. The first kappa shape index (κ1) is 28.1. The van der Waals surface area contributed by atoms with Crippen LogP contribution < -0.4 is 0 Å². The number of amides is 1. The van der Waals surface area contributed by atoms with Crippen LogP contribution in [0.4, 0.5) is 0 Å². The molecule has 0 saturated heterocycles. The molecule has 1 saturated carbocycles. The summed E-state index contributed by atoms with van der Waals surface area (Å²) in [5.41, 5.74) is 4.12. The molecule has 1 aliphatic carbocycles. The fourth-order valence-electron chi connectivity index (χ4n) is 4.34. The van der Waals surface area contributed by atoms with Gasteiger partial charge in [0, 0.05) is 47.3 Å². The quantitative estimate of drug-likeness (QED) is 0.366. The van der Waals surface area contributed by atoms with E-state index in [0.717, 1.165) is 12.1 Å². The molecule has 0 radical (unpaired) electrons. The molecule has 192 valence electrons. The van der Waals surface area contributed by atoms with Crippen molar-refractivity contribution in [2.75, 3.05) is 19.3 Å². The second-order valence-electron chi connectivity index (χ2n) is 11.9. The van der Waals surface area contributed by atoms with Gasteiger partial charge in [-0.05, 0) is 59.1 Å². The van der Waals surface area contributed by atoms with Crippen molar-refractivity contribution in [3.63, 3.8) is 0 Å². The van der Waals surface area contributed by atoms with E-state index in [0.29, 0.717) is 22.8 Å². The zero-order chi connectivity index (χ0) is 25.6. The van der Waals surface area contributed by atoms with E-state index in [4.69, 9.17) is 0 Å². The second kappa shape index (κ2) is 12.2. The topological polar surface area (TPSA) is 33.2 Å². The van der Waals surface area contributed by atoms with Crippen LogP contribution in [-0.4, -0.2) is 45.6 Å². The van der Waals surface area contributed by atoms with Crippen LogP contribution in [0.2, 0.25) is 0 Å². The lowest BCUT2D eigenvalue weighted by atomic mass is 9.81. The number of nitrogens with zero attached hydrogens (tertiary/aromatic N) is 2. The minimum atomic E-state index is 0.129. The van der Waals surface area contributed by atoms with E-state index in [2.05, 4.69) is 64.7 Å². The smallest absolute Gasteiger partial charge is 0.232 e. The lowest BCUT2D eigenvalue weighted by Gasteiger charge is -2.32. The van der Waals surface area contributed by atoms with Gasteiger partial charge < -0.3 is 4.90 Å². The van der Waals surface area contributed by atoms with Gasteiger partial charge in [0.2, 0.25) is 5.91 Å². The highest BCUT2D eigenvalue weighted by Crippen LogP contribution is 2.42. The summed E-state index contributed by atoms with van der Waals surface area (Å²) in [6, 6.07) is 13.2. The molecule has 0 spiro atoms. The fourth-order valence-corrected chi connectivity index (χ4v) is 7.31. The van der Waals surface area contributed by atoms with Crippen LogP contribution >= 0.6 is 23.5 Å². The van der Waals surface area contributed by atoms with E-state index in [1.165, 1.54) is 41.7 Å². The maximum absolute atomic E-state index is 12.9. The number of thioether (sulfide) groups is 2. The third-order valence-corrected chi connectivity index (χ3v) is 9.80. The maximum atomic E-state index is 12.9. The first-order chi connectivity index (χ1) is 16.4. The Morgan fingerprint density at radius 2 is 1.60 bits per heavy atom. The van der Waals surface area contributed by atoms with Gasteiger partial charge in [-0.25, -0.2) is 0 Å². The average molecular weight is 513 g/mol. The van der Waals surface area contributed by atoms with Crippen LogP contribution in [0.1, 0.15) is 84.0 Å². The largest absolute Gasteiger partial charge is 0.345 e. The molecule has 1 aromatic carbocycles. The zero-order valence-corrected chi connectivity index (χ0v) is 24.4. The Labute approximate surface area is 222 Å². The number of likely N-dealkylation sites (N-methyl/N-ethyl adjacent to an activating group) is 1. The number of aromatic nitrogens is 1. The first-order valence-electron chi connectivity index (χ1n) is 13.0. The van der Waals surface area contributed by atoms with Crippen molar-refractivity contribution in [1.29, 1.82) is 0 Å². The molecule has 35 heavy (non-hydrogen) atoms. The summed E-state index contributed by atoms with van der Waals surface area (Å²) in [4.78, 5) is 20.5. The summed E-state index contributed by atoms with van der Waals surface area (Å²) in [6.07, 6.45) is 7.62. The van der Waals surface area contributed by atoms with Gasteiger partial charge >= 0.3 is 0 Å². The van der Waals surface area contributed by atoms with Gasteiger partial charge in [-0.2, -0.15) is 0 Å². The van der Waals surface area contributed by atoms with E-state index in [-0.39, 0.29) is 16.7 Å². The highest BCUT2D eigenvalue weighted by molar-refractivity contribution is 8.04. The molecule has 1 aliphatic rings. The molecule has 1 heterocycles. The summed E-state index contributed by atoms with van der Waals surface area (Å²) in [6.45, 7) is 14.5. The zero-order valence-electron chi connectivity index (χ0n) is 22.8. The standard InChI is InChI=1S/C30H44N2OS2/c1-29(2,3)22-18-23(30(4,5)6)20-25(19-22)35-27-14-9-8-13-26(27)34-21-28(33)32(7)17-15-24-12-10-11-16-31-24/h10-12,16,18-20,26-27H,8-9,13-15,17,21H2,1-7H3/t26-,27-/m1/s1. The van der Waals surface area contributed by atoms with E-state index >= 15 is 0 Å². The number of hydrogen-bond donors (Lipinski definition) is 0. The van der Waals surface area contributed by atoms with E-state index in [1.54, 1.807) is 0 Å². The number of hydrogen-bond acceptors (Lipinski definition) is 4. The molecule has 2 atom stereocenters. The number of benzene rings is 1. The Morgan fingerprint density at radius 1 is 0.971 bits per heavy atom. The van der Waals surface area contributed by atoms with Crippen molar-refractivity contribution >= 4 is 29.4 Å². The molecule has 3 rings (SSSR count). The number of carbonyl (C=O) groups excluding carboxylic acids is 1. The van der Waals surface area contributed by atoms with Crippen molar-refractivity contribution in [3.8, 4) is 0 Å². The van der Waals surface area contributed by atoms with Gasteiger partial charge in [0.1, 0.15) is 0 Å². The predicted molar refractivity (Wildman–Crippen MR) is 154 cm³/mol. The Hall–Kier alpha value is -1.46. The number of rotatable bonds is 8. The average Bonchev–Trinajstić information content (AvgIpc) is 2.81. The van der Waals surface area contributed by atoms with Crippen LogP contribution in [0.15, 0.2) is 47.5 Å². The molecule has 0 aliphatic heterocycles. The maximum Gasteiger partial charge on any atom is 0.232 e. The normalized spacial score (nSPS) is 18.9. The van der Waals surface area contributed by atoms with Gasteiger partial charge in [0.15, 0.2) is 0 Å². The lowest BCUT2D eigenvalue weighted by Crippen LogP contribution is -2.32. The van der Waals surface area contributed by atoms with Crippen LogP contribution in [0.3, 0.4) is 0 Å². The van der Waals surface area contributed by atoms with Crippen LogP contribution in [-0.2, 0) is 22.0 Å². The fraction of sp³-hybridized carbons (Fsp3) is 0.600. The van der Waals surface area contributed by atoms with Gasteiger partial charge in [-0.15, -0.1) is 23.5 Å². The highest BCUT2D eigenvalue weighted by Gasteiger charge is 2.29. The van der Waals surface area contributed by atoms with Gasteiger partial charge in [0.25, 0.3) is 0 Å². The highest BCUT2D eigenvalue weighted by atomic mass is 32.2. The Morgan fingerprint density at radius 3 is 2.17 bits per heavy atom. The summed E-state index contributed by atoms with van der Waals surface area (Å²) in [5, 5.41) is 1.08. The lowest BCUT2D eigenvalue weighted by molar-refractivity contribution is -0.127. The molecule has 0 N–H and O–H groups in total. The van der Waals surface area contributed by atoms with E-state index < -0.39 is 0 Å². The van der Waals surface area contributed by atoms with Gasteiger partial charge in [-0.3, -0.25) is 9.78 Å². The van der Waals surface area contributed by atoms with Gasteiger partial charge in [0.05, 0.1) is 5.75 Å². The Bertz CT molecular complexity index is 930. The molecule has 3 nitrogen and oxygen atoms in total.